The lowest BCUT2D eigenvalue weighted by Crippen LogP contribution is -2.34. The summed E-state index contributed by atoms with van der Waals surface area (Å²) in [5.74, 6) is -0.0414. The van der Waals surface area contributed by atoms with Crippen LogP contribution in [0.2, 0.25) is 0 Å². The van der Waals surface area contributed by atoms with E-state index in [0.29, 0.717) is 24.3 Å². The molecule has 0 bridgehead atoms. The molecule has 1 aliphatic rings. The molecular weight excluding hydrogens is 501 g/mol. The van der Waals surface area contributed by atoms with E-state index in [1.165, 1.54) is 25.8 Å². The van der Waals surface area contributed by atoms with Crippen LogP contribution in [0, 0.1) is 31.0 Å². The van der Waals surface area contributed by atoms with Gasteiger partial charge in [-0.2, -0.15) is 5.26 Å². The van der Waals surface area contributed by atoms with Gasteiger partial charge in [-0.05, 0) is 74.2 Å². The molecule has 3 rings (SSSR count). The van der Waals surface area contributed by atoms with Crippen LogP contribution in [0.15, 0.2) is 36.4 Å². The fraction of sp³-hybridized carbons (Fsp3) is 0.500. The molecule has 1 fully saturated rings. The lowest BCUT2D eigenvalue weighted by molar-refractivity contribution is -0.131. The van der Waals surface area contributed by atoms with Crippen LogP contribution in [0.1, 0.15) is 58.1 Å². The van der Waals surface area contributed by atoms with Crippen LogP contribution in [-0.2, 0) is 19.1 Å². The third-order valence-electron chi connectivity index (χ3n) is 5.17. The molecule has 8 nitrogen and oxygen atoms in total. The Morgan fingerprint density at radius 1 is 1.15 bits per heavy atom. The maximum atomic E-state index is 13.5. The molecule has 1 unspecified atom stereocenters. The average molecular weight is 546 g/mol. The molecular formula is C30H44FN3O5. The number of aryl methyl sites for hydroxylation is 2. The second-order valence-corrected chi connectivity index (χ2v) is 8.52. The maximum absolute atomic E-state index is 13.5. The lowest BCUT2D eigenvalue weighted by atomic mass is 10.0. The second kappa shape index (κ2) is 22.6. The summed E-state index contributed by atoms with van der Waals surface area (Å²) in [6.45, 7) is 14.7. The molecule has 1 amide bonds. The molecule has 0 radical (unpaired) electrons. The largest absolute Gasteiger partial charge is 0.426 e. The molecule has 1 aliphatic heterocycles. The number of halogens is 1. The molecule has 2 aromatic carbocycles. The van der Waals surface area contributed by atoms with E-state index in [0.717, 1.165) is 42.9 Å². The first-order chi connectivity index (χ1) is 18.7. The van der Waals surface area contributed by atoms with Gasteiger partial charge >= 0.3 is 5.97 Å². The highest BCUT2D eigenvalue weighted by molar-refractivity contribution is 5.71. The highest BCUT2D eigenvalue weighted by Gasteiger charge is 2.10. The average Bonchev–Trinajstić information content (AvgIpc) is 3.20. The minimum absolute atomic E-state index is 0.101. The number of amides is 1. The number of hydrogen-bond donors (Lipinski definition) is 2. The number of nitrogens with zero attached hydrogens (tertiary/aromatic N) is 1. The van der Waals surface area contributed by atoms with Gasteiger partial charge in [-0.15, -0.1) is 0 Å². The Hall–Kier alpha value is -3.32. The van der Waals surface area contributed by atoms with Crippen molar-refractivity contribution in [3.63, 3.8) is 0 Å². The van der Waals surface area contributed by atoms with E-state index in [1.54, 1.807) is 25.1 Å². The van der Waals surface area contributed by atoms with Gasteiger partial charge in [-0.25, -0.2) is 4.39 Å². The molecule has 1 saturated heterocycles. The number of unbranched alkanes of at least 4 members (excludes halogenated alkanes) is 1. The number of nitrogens with one attached hydrogen (secondary N) is 2. The van der Waals surface area contributed by atoms with Crippen molar-refractivity contribution in [1.29, 1.82) is 5.26 Å². The van der Waals surface area contributed by atoms with E-state index in [4.69, 9.17) is 19.5 Å². The summed E-state index contributed by atoms with van der Waals surface area (Å²) < 4.78 is 29.2. The first kappa shape index (κ1) is 35.7. The van der Waals surface area contributed by atoms with Crippen LogP contribution in [-0.4, -0.2) is 51.5 Å². The van der Waals surface area contributed by atoms with E-state index < -0.39 is 0 Å². The van der Waals surface area contributed by atoms with Crippen molar-refractivity contribution >= 4 is 12.4 Å². The molecule has 9 heteroatoms. The predicted octanol–water partition coefficient (Wildman–Crippen LogP) is 5.46. The zero-order chi connectivity index (χ0) is 29.5. The van der Waals surface area contributed by atoms with Crippen molar-refractivity contribution < 1.29 is 28.2 Å². The third-order valence-corrected chi connectivity index (χ3v) is 5.17. The van der Waals surface area contributed by atoms with Crippen molar-refractivity contribution in [2.45, 2.75) is 67.0 Å². The van der Waals surface area contributed by atoms with E-state index >= 15 is 0 Å². The zero-order valence-electron chi connectivity index (χ0n) is 24.1. The van der Waals surface area contributed by atoms with Gasteiger partial charge in [-0.3, -0.25) is 14.9 Å². The van der Waals surface area contributed by atoms with Crippen LogP contribution in [0.5, 0.6) is 5.75 Å². The molecule has 2 N–H and O–H groups in total. The SMILES string of the molecule is CC(=O)Oc1ccc(-c2ccc(C)c(F)c2)cc1C.CCCC.CCOC1COCCCN1.N#CCNC=O. The topological polar surface area (TPSA) is 110 Å². The van der Waals surface area contributed by atoms with Gasteiger partial charge in [0.25, 0.3) is 0 Å². The number of benzene rings is 2. The number of rotatable bonds is 7. The van der Waals surface area contributed by atoms with Crippen LogP contribution < -0.4 is 15.4 Å². The minimum atomic E-state index is -0.350. The van der Waals surface area contributed by atoms with Gasteiger partial charge in [0.2, 0.25) is 6.41 Å². The Kier molecular flexibility index (Phi) is 20.7. The van der Waals surface area contributed by atoms with Crippen LogP contribution in [0.3, 0.4) is 0 Å². The van der Waals surface area contributed by atoms with E-state index in [2.05, 4.69) is 24.5 Å². The number of ether oxygens (including phenoxy) is 3. The Bertz CT molecular complexity index is 1000. The Morgan fingerprint density at radius 2 is 1.82 bits per heavy atom. The Labute approximate surface area is 232 Å². The number of carbonyl (C=O) groups is 2. The fourth-order valence-corrected chi connectivity index (χ4v) is 2.95. The first-order valence-corrected chi connectivity index (χ1v) is 13.3. The van der Waals surface area contributed by atoms with Gasteiger partial charge in [0.1, 0.15) is 24.3 Å². The van der Waals surface area contributed by atoms with Gasteiger partial charge in [0.15, 0.2) is 0 Å². The Balaban J connectivity index is 0.000000601. The molecule has 0 spiro atoms. The van der Waals surface area contributed by atoms with E-state index in [-0.39, 0.29) is 24.6 Å². The summed E-state index contributed by atoms with van der Waals surface area (Å²) in [7, 11) is 0. The summed E-state index contributed by atoms with van der Waals surface area (Å²) in [4.78, 5) is 20.2. The number of hydrogen-bond acceptors (Lipinski definition) is 7. The van der Waals surface area contributed by atoms with Crippen LogP contribution in [0.25, 0.3) is 11.1 Å². The van der Waals surface area contributed by atoms with E-state index in [1.807, 2.05) is 32.0 Å². The number of carbonyl (C=O) groups excluding carboxylic acids is 2. The standard InChI is InChI=1S/C16H15FO2.C7H15NO2.C4H10.C3H4N2O/c1-10-4-5-14(9-15(10)17)13-6-7-16(11(2)8-13)19-12(3)18;1-2-10-7-6-9-5-3-4-8-7;1-3-4-2;4-1-2-5-3-6/h4-9H,1-3H3;7-8H,2-6H2,1H3;3-4H2,1-2H3;3H,2H2,(H,5,6). The lowest BCUT2D eigenvalue weighted by Gasteiger charge is -2.14. The third kappa shape index (κ3) is 17.0. The molecule has 0 aromatic heterocycles. The van der Waals surface area contributed by atoms with Crippen molar-refractivity contribution in [3.05, 3.63) is 53.3 Å². The first-order valence-electron chi connectivity index (χ1n) is 13.3. The normalized spacial score (nSPS) is 13.8. The number of nitriles is 1. The van der Waals surface area contributed by atoms with Gasteiger partial charge < -0.3 is 19.5 Å². The minimum Gasteiger partial charge on any atom is -0.426 e. The molecule has 39 heavy (non-hydrogen) atoms. The van der Waals surface area contributed by atoms with Crippen LogP contribution >= 0.6 is 0 Å². The second-order valence-electron chi connectivity index (χ2n) is 8.52. The smallest absolute Gasteiger partial charge is 0.308 e. The quantitative estimate of drug-likeness (QED) is 0.156. The molecule has 216 valence electrons. The monoisotopic (exact) mass is 545 g/mol. The van der Waals surface area contributed by atoms with Crippen LogP contribution in [0.4, 0.5) is 4.39 Å². The Morgan fingerprint density at radius 3 is 2.33 bits per heavy atom. The van der Waals surface area contributed by atoms with Gasteiger partial charge in [-0.1, -0.05) is 44.9 Å². The predicted molar refractivity (Wildman–Crippen MR) is 152 cm³/mol. The zero-order valence-corrected chi connectivity index (χ0v) is 24.1. The number of esters is 1. The highest BCUT2D eigenvalue weighted by atomic mass is 19.1. The fourth-order valence-electron chi connectivity index (χ4n) is 2.95. The molecule has 2 aromatic rings. The van der Waals surface area contributed by atoms with Gasteiger partial charge in [0, 0.05) is 20.1 Å². The molecule has 0 saturated carbocycles. The summed E-state index contributed by atoms with van der Waals surface area (Å²) in [5, 5.41) is 13.1. The van der Waals surface area contributed by atoms with Crippen molar-refractivity contribution in [2.24, 2.45) is 0 Å². The summed E-state index contributed by atoms with van der Waals surface area (Å²) in [5.41, 5.74) is 3.17. The van der Waals surface area contributed by atoms with Crippen molar-refractivity contribution in [3.8, 4) is 22.9 Å². The van der Waals surface area contributed by atoms with Gasteiger partial charge in [0.05, 0.1) is 12.7 Å². The molecule has 0 aliphatic carbocycles. The summed E-state index contributed by atoms with van der Waals surface area (Å²) >= 11 is 0. The van der Waals surface area contributed by atoms with Crippen molar-refractivity contribution in [2.75, 3.05) is 32.9 Å². The maximum Gasteiger partial charge on any atom is 0.308 e. The molecule has 1 heterocycles. The highest BCUT2D eigenvalue weighted by Crippen LogP contribution is 2.27. The van der Waals surface area contributed by atoms with E-state index in [9.17, 15) is 14.0 Å². The summed E-state index contributed by atoms with van der Waals surface area (Å²) in [6.07, 6.45) is 4.33. The summed E-state index contributed by atoms with van der Waals surface area (Å²) in [6, 6.07) is 12.3. The van der Waals surface area contributed by atoms with Crippen molar-refractivity contribution in [1.82, 2.24) is 10.6 Å². The molecule has 1 atom stereocenters.